The van der Waals surface area contributed by atoms with E-state index < -0.39 is 10.9 Å². The molecule has 0 bridgehead atoms. The van der Waals surface area contributed by atoms with Gasteiger partial charge in [-0.05, 0) is 18.5 Å². The number of esters is 1. The Morgan fingerprint density at radius 3 is 2.81 bits per heavy atom. The van der Waals surface area contributed by atoms with Crippen molar-refractivity contribution in [1.29, 1.82) is 0 Å². The van der Waals surface area contributed by atoms with Gasteiger partial charge in [0.2, 0.25) is 5.91 Å². The Kier molecular flexibility index (Phi) is 4.18. The van der Waals surface area contributed by atoms with Crippen LogP contribution in [-0.2, 0) is 9.53 Å². The van der Waals surface area contributed by atoms with E-state index in [2.05, 4.69) is 4.74 Å². The second-order valence-electron chi connectivity index (χ2n) is 4.76. The zero-order valence-electron chi connectivity index (χ0n) is 11.4. The highest BCUT2D eigenvalue weighted by atomic mass is 16.6. The number of anilines is 1. The highest BCUT2D eigenvalue weighted by molar-refractivity contribution is 6.04. The summed E-state index contributed by atoms with van der Waals surface area (Å²) in [5.74, 6) is -0.887. The summed E-state index contributed by atoms with van der Waals surface area (Å²) in [5.41, 5.74) is 5.68. The summed E-state index contributed by atoms with van der Waals surface area (Å²) >= 11 is 0. The number of carbonyl (C=O) groups excluding carboxylic acids is 2. The lowest BCUT2D eigenvalue weighted by Crippen LogP contribution is -2.27. The number of non-ortho nitro benzene ring substituents is 1. The molecular weight excluding hydrogens is 278 g/mol. The number of methoxy groups -OCH3 is 1. The molecule has 1 aliphatic heterocycles. The average molecular weight is 293 g/mol. The van der Waals surface area contributed by atoms with Gasteiger partial charge < -0.3 is 15.4 Å². The monoisotopic (exact) mass is 293 g/mol. The number of nitro groups is 1. The van der Waals surface area contributed by atoms with Crippen LogP contribution in [0.25, 0.3) is 0 Å². The lowest BCUT2D eigenvalue weighted by molar-refractivity contribution is -0.384. The molecule has 0 aromatic heterocycles. The van der Waals surface area contributed by atoms with Crippen molar-refractivity contribution in [2.45, 2.75) is 6.42 Å². The van der Waals surface area contributed by atoms with Gasteiger partial charge in [-0.25, -0.2) is 4.79 Å². The second-order valence-corrected chi connectivity index (χ2v) is 4.76. The molecule has 1 atom stereocenters. The molecule has 1 amide bonds. The van der Waals surface area contributed by atoms with Crippen LogP contribution in [0.1, 0.15) is 16.8 Å². The third kappa shape index (κ3) is 2.84. The van der Waals surface area contributed by atoms with Crippen molar-refractivity contribution in [2.75, 3.05) is 25.1 Å². The quantitative estimate of drug-likeness (QED) is 0.496. The summed E-state index contributed by atoms with van der Waals surface area (Å²) < 4.78 is 4.65. The molecular formula is C13H15N3O5. The first-order valence-electron chi connectivity index (χ1n) is 6.35. The molecule has 8 heteroatoms. The Labute approximate surface area is 120 Å². The van der Waals surface area contributed by atoms with E-state index in [9.17, 15) is 19.7 Å². The molecule has 0 radical (unpaired) electrons. The first-order chi connectivity index (χ1) is 9.97. The zero-order chi connectivity index (χ0) is 15.6. The van der Waals surface area contributed by atoms with Crippen LogP contribution in [0, 0.1) is 16.0 Å². The summed E-state index contributed by atoms with van der Waals surface area (Å²) in [7, 11) is 1.21. The average Bonchev–Trinajstić information content (AvgIpc) is 2.86. The van der Waals surface area contributed by atoms with E-state index in [0.29, 0.717) is 13.1 Å². The van der Waals surface area contributed by atoms with Gasteiger partial charge in [0.15, 0.2) is 0 Å². The molecule has 2 rings (SSSR count). The van der Waals surface area contributed by atoms with Crippen LogP contribution >= 0.6 is 0 Å². The molecule has 8 nitrogen and oxygen atoms in total. The minimum atomic E-state index is -0.649. The predicted molar refractivity (Wildman–Crippen MR) is 74.0 cm³/mol. The van der Waals surface area contributed by atoms with Crippen molar-refractivity contribution in [2.24, 2.45) is 11.7 Å². The topological polar surface area (TPSA) is 116 Å². The van der Waals surface area contributed by atoms with E-state index in [1.165, 1.54) is 30.2 Å². The van der Waals surface area contributed by atoms with E-state index in [1.54, 1.807) is 0 Å². The Balaban J connectivity index is 2.48. The highest BCUT2D eigenvalue weighted by Gasteiger charge is 2.33. The first kappa shape index (κ1) is 14.9. The number of nitrogens with two attached hydrogens (primary N) is 1. The summed E-state index contributed by atoms with van der Waals surface area (Å²) in [6.45, 7) is 0.672. The van der Waals surface area contributed by atoms with Gasteiger partial charge in [-0.3, -0.25) is 14.9 Å². The molecule has 1 aromatic rings. The van der Waals surface area contributed by atoms with Crippen LogP contribution in [-0.4, -0.2) is 37.0 Å². The number of rotatable bonds is 4. The molecule has 0 saturated carbocycles. The zero-order valence-corrected chi connectivity index (χ0v) is 11.4. The number of amides is 1. The molecule has 0 spiro atoms. The minimum Gasteiger partial charge on any atom is -0.465 e. The van der Waals surface area contributed by atoms with E-state index in [4.69, 9.17) is 5.73 Å². The summed E-state index contributed by atoms with van der Waals surface area (Å²) in [4.78, 5) is 35.5. The van der Waals surface area contributed by atoms with Crippen LogP contribution < -0.4 is 10.6 Å². The number of nitrogens with zero attached hydrogens (tertiary/aromatic N) is 2. The second kappa shape index (κ2) is 5.88. The molecule has 1 unspecified atom stereocenters. The first-order valence-corrected chi connectivity index (χ1v) is 6.35. The molecule has 2 N–H and O–H groups in total. The molecule has 0 aliphatic carbocycles. The van der Waals surface area contributed by atoms with E-state index in [-0.39, 0.29) is 35.2 Å². The fourth-order valence-electron chi connectivity index (χ4n) is 2.31. The largest absolute Gasteiger partial charge is 0.465 e. The Morgan fingerprint density at radius 2 is 2.29 bits per heavy atom. The summed E-state index contributed by atoms with van der Waals surface area (Å²) in [6.07, 6.45) is 0.264. The van der Waals surface area contributed by atoms with Gasteiger partial charge in [0.05, 0.1) is 23.3 Å². The Bertz CT molecular complexity index is 601. The van der Waals surface area contributed by atoms with Crippen molar-refractivity contribution >= 4 is 23.3 Å². The fourth-order valence-corrected chi connectivity index (χ4v) is 2.31. The summed E-state index contributed by atoms with van der Waals surface area (Å²) in [6, 6.07) is 3.71. The number of ether oxygens (including phenoxy) is 1. The number of nitro benzene ring substituents is 1. The van der Waals surface area contributed by atoms with Gasteiger partial charge in [-0.2, -0.15) is 0 Å². The maximum Gasteiger partial charge on any atom is 0.339 e. The van der Waals surface area contributed by atoms with E-state index in [1.807, 2.05) is 0 Å². The lowest BCUT2D eigenvalue weighted by atomic mass is 10.1. The normalized spacial score (nSPS) is 17.9. The molecule has 21 heavy (non-hydrogen) atoms. The molecule has 1 aliphatic rings. The number of benzene rings is 1. The molecule has 1 fully saturated rings. The Hall–Kier alpha value is -2.48. The number of hydrogen-bond donors (Lipinski definition) is 1. The predicted octanol–water partition coefficient (Wildman–Crippen LogP) is 0.693. The summed E-state index contributed by atoms with van der Waals surface area (Å²) in [5, 5.41) is 10.9. The third-order valence-electron chi connectivity index (χ3n) is 3.43. The number of carbonyl (C=O) groups is 2. The van der Waals surface area contributed by atoms with Crippen molar-refractivity contribution in [3.63, 3.8) is 0 Å². The van der Waals surface area contributed by atoms with E-state index in [0.717, 1.165) is 0 Å². The van der Waals surface area contributed by atoms with Crippen LogP contribution in [0.3, 0.4) is 0 Å². The highest BCUT2D eigenvalue weighted by Crippen LogP contribution is 2.31. The maximum atomic E-state index is 12.0. The molecule has 1 heterocycles. The van der Waals surface area contributed by atoms with Gasteiger partial charge in [0.1, 0.15) is 0 Å². The van der Waals surface area contributed by atoms with Gasteiger partial charge in [-0.15, -0.1) is 0 Å². The van der Waals surface area contributed by atoms with Crippen LogP contribution in [0.4, 0.5) is 11.4 Å². The van der Waals surface area contributed by atoms with Gasteiger partial charge >= 0.3 is 5.97 Å². The molecule has 1 aromatic carbocycles. The number of hydrogen-bond acceptors (Lipinski definition) is 6. The van der Waals surface area contributed by atoms with E-state index >= 15 is 0 Å². The lowest BCUT2D eigenvalue weighted by Gasteiger charge is -2.19. The van der Waals surface area contributed by atoms with Crippen LogP contribution in [0.5, 0.6) is 0 Å². The smallest absolute Gasteiger partial charge is 0.339 e. The van der Waals surface area contributed by atoms with Crippen LogP contribution in [0.2, 0.25) is 0 Å². The fraction of sp³-hybridized carbons (Fsp3) is 0.385. The Morgan fingerprint density at radius 1 is 1.57 bits per heavy atom. The van der Waals surface area contributed by atoms with Gasteiger partial charge in [-0.1, -0.05) is 0 Å². The third-order valence-corrected chi connectivity index (χ3v) is 3.43. The van der Waals surface area contributed by atoms with Gasteiger partial charge in [0, 0.05) is 25.1 Å². The van der Waals surface area contributed by atoms with Gasteiger partial charge in [0.25, 0.3) is 5.69 Å². The molecule has 1 saturated heterocycles. The maximum absolute atomic E-state index is 12.0. The standard InChI is InChI=1S/C13H15N3O5/c1-21-13(18)10-3-2-9(16(19)20)5-11(10)15-7-8(6-14)4-12(15)17/h2-3,5,8H,4,6-7,14H2,1H3. The van der Waals surface area contributed by atoms with Crippen LogP contribution in [0.15, 0.2) is 18.2 Å². The van der Waals surface area contributed by atoms with Crippen molar-refractivity contribution in [3.8, 4) is 0 Å². The minimum absolute atomic E-state index is 0.0257. The molecule has 112 valence electrons. The van der Waals surface area contributed by atoms with Crippen molar-refractivity contribution < 1.29 is 19.2 Å². The van der Waals surface area contributed by atoms with Crippen molar-refractivity contribution in [3.05, 3.63) is 33.9 Å². The van der Waals surface area contributed by atoms with Crippen molar-refractivity contribution in [1.82, 2.24) is 0 Å². The SMILES string of the molecule is COC(=O)c1ccc([N+](=O)[O-])cc1N1CC(CN)CC1=O.